The van der Waals surface area contributed by atoms with Crippen LogP contribution in [0.3, 0.4) is 0 Å². The molecule has 1 aliphatic heterocycles. The predicted octanol–water partition coefficient (Wildman–Crippen LogP) is 1.94. The van der Waals surface area contributed by atoms with Crippen LogP contribution in [0.4, 0.5) is 13.2 Å². The first-order valence-corrected chi connectivity index (χ1v) is 6.78. The second-order valence-corrected chi connectivity index (χ2v) is 5.09. The molecule has 1 atom stereocenters. The van der Waals surface area contributed by atoms with Crippen molar-refractivity contribution in [2.75, 3.05) is 0 Å². The van der Waals surface area contributed by atoms with Gasteiger partial charge in [0.05, 0.1) is 11.8 Å². The standard InChI is InChI=1S/C14H11F3N4O2/c15-14(16,17)9-4-2-1-3-8(9)10-7-21(20-19-10)11-5-6-12(22)18-13(11)23/h1-4,7,11H,5-6H2,(H,18,22,23). The molecule has 120 valence electrons. The molecule has 0 spiro atoms. The van der Waals surface area contributed by atoms with Gasteiger partial charge in [-0.2, -0.15) is 13.2 Å². The third-order valence-electron chi connectivity index (χ3n) is 3.55. The highest BCUT2D eigenvalue weighted by atomic mass is 19.4. The van der Waals surface area contributed by atoms with E-state index in [1.54, 1.807) is 0 Å². The number of piperidine rings is 1. The summed E-state index contributed by atoms with van der Waals surface area (Å²) in [4.78, 5) is 22.9. The van der Waals surface area contributed by atoms with Crippen molar-refractivity contribution in [3.05, 3.63) is 36.0 Å². The Kier molecular flexibility index (Phi) is 3.63. The van der Waals surface area contributed by atoms with Crippen molar-refractivity contribution in [2.45, 2.75) is 25.1 Å². The number of aromatic nitrogens is 3. The number of hydrogen-bond acceptors (Lipinski definition) is 4. The Bertz CT molecular complexity index is 769. The number of nitrogens with one attached hydrogen (secondary N) is 1. The molecule has 2 heterocycles. The van der Waals surface area contributed by atoms with E-state index in [0.29, 0.717) is 0 Å². The van der Waals surface area contributed by atoms with E-state index in [2.05, 4.69) is 15.6 Å². The summed E-state index contributed by atoms with van der Waals surface area (Å²) in [5.41, 5.74) is -0.920. The van der Waals surface area contributed by atoms with Crippen LogP contribution >= 0.6 is 0 Å². The highest BCUT2D eigenvalue weighted by Crippen LogP contribution is 2.36. The van der Waals surface area contributed by atoms with Gasteiger partial charge in [0.15, 0.2) is 0 Å². The normalized spacial score (nSPS) is 18.8. The lowest BCUT2D eigenvalue weighted by molar-refractivity contribution is -0.137. The first-order chi connectivity index (χ1) is 10.9. The molecule has 3 rings (SSSR count). The van der Waals surface area contributed by atoms with Crippen LogP contribution in [-0.4, -0.2) is 26.8 Å². The van der Waals surface area contributed by atoms with E-state index >= 15 is 0 Å². The minimum absolute atomic E-state index is 0.0163. The largest absolute Gasteiger partial charge is 0.417 e. The molecule has 1 saturated heterocycles. The van der Waals surface area contributed by atoms with Gasteiger partial charge in [-0.3, -0.25) is 14.9 Å². The Hall–Kier alpha value is -2.71. The zero-order chi connectivity index (χ0) is 16.6. The third kappa shape index (κ3) is 2.94. The Morgan fingerprint density at radius 3 is 2.65 bits per heavy atom. The number of carbonyl (C=O) groups excluding carboxylic acids is 2. The minimum atomic E-state index is -4.52. The van der Waals surface area contributed by atoms with E-state index in [1.165, 1.54) is 29.1 Å². The van der Waals surface area contributed by atoms with Gasteiger partial charge in [0.25, 0.3) is 5.91 Å². The molecule has 9 heteroatoms. The maximum Gasteiger partial charge on any atom is 0.417 e. The first kappa shape index (κ1) is 15.2. The van der Waals surface area contributed by atoms with E-state index in [0.717, 1.165) is 6.07 Å². The number of amides is 2. The van der Waals surface area contributed by atoms with E-state index in [-0.39, 0.29) is 30.0 Å². The fourth-order valence-electron chi connectivity index (χ4n) is 2.44. The summed E-state index contributed by atoms with van der Waals surface area (Å²) >= 11 is 0. The molecule has 0 radical (unpaired) electrons. The summed E-state index contributed by atoms with van der Waals surface area (Å²) in [6, 6.07) is 4.25. The fourth-order valence-corrected chi connectivity index (χ4v) is 2.44. The van der Waals surface area contributed by atoms with Crippen molar-refractivity contribution in [1.29, 1.82) is 0 Å². The zero-order valence-electron chi connectivity index (χ0n) is 11.7. The van der Waals surface area contributed by atoms with E-state index in [1.807, 2.05) is 0 Å². The molecule has 1 aromatic carbocycles. The lowest BCUT2D eigenvalue weighted by Crippen LogP contribution is -2.41. The van der Waals surface area contributed by atoms with Crippen molar-refractivity contribution < 1.29 is 22.8 Å². The zero-order valence-corrected chi connectivity index (χ0v) is 11.7. The van der Waals surface area contributed by atoms with Crippen LogP contribution < -0.4 is 5.32 Å². The summed E-state index contributed by atoms with van der Waals surface area (Å²) in [6.45, 7) is 0. The van der Waals surface area contributed by atoms with Crippen molar-refractivity contribution in [3.8, 4) is 11.3 Å². The molecule has 1 fully saturated rings. The average molecular weight is 324 g/mol. The molecule has 2 aromatic rings. The molecule has 0 bridgehead atoms. The summed E-state index contributed by atoms with van der Waals surface area (Å²) in [7, 11) is 0. The molecule has 23 heavy (non-hydrogen) atoms. The molecule has 0 aliphatic carbocycles. The predicted molar refractivity (Wildman–Crippen MR) is 71.9 cm³/mol. The highest BCUT2D eigenvalue weighted by molar-refractivity contribution is 5.99. The van der Waals surface area contributed by atoms with Crippen molar-refractivity contribution in [3.63, 3.8) is 0 Å². The maximum atomic E-state index is 13.0. The monoisotopic (exact) mass is 324 g/mol. The Morgan fingerprint density at radius 2 is 1.96 bits per heavy atom. The molecular weight excluding hydrogens is 313 g/mol. The maximum absolute atomic E-state index is 13.0. The van der Waals surface area contributed by atoms with Gasteiger partial charge in [0.1, 0.15) is 11.7 Å². The van der Waals surface area contributed by atoms with Crippen LogP contribution in [0.1, 0.15) is 24.4 Å². The van der Waals surface area contributed by atoms with E-state index in [4.69, 9.17) is 0 Å². The summed E-state index contributed by atoms with van der Waals surface area (Å²) in [5, 5.41) is 9.65. The second kappa shape index (κ2) is 5.49. The van der Waals surface area contributed by atoms with Crippen LogP contribution in [0.25, 0.3) is 11.3 Å². The molecular formula is C14H11F3N4O2. The van der Waals surface area contributed by atoms with Gasteiger partial charge in [0, 0.05) is 12.0 Å². The van der Waals surface area contributed by atoms with Crippen molar-refractivity contribution in [2.24, 2.45) is 0 Å². The Morgan fingerprint density at radius 1 is 1.22 bits per heavy atom. The van der Waals surface area contributed by atoms with E-state index in [9.17, 15) is 22.8 Å². The molecule has 1 N–H and O–H groups in total. The number of carbonyl (C=O) groups is 2. The molecule has 2 amide bonds. The Labute approximate surface area is 128 Å². The van der Waals surface area contributed by atoms with Gasteiger partial charge in [-0.25, -0.2) is 4.68 Å². The van der Waals surface area contributed by atoms with Crippen molar-refractivity contribution >= 4 is 11.8 Å². The number of halogens is 3. The van der Waals surface area contributed by atoms with Crippen LogP contribution in [0.2, 0.25) is 0 Å². The van der Waals surface area contributed by atoms with Crippen LogP contribution in [0.15, 0.2) is 30.5 Å². The van der Waals surface area contributed by atoms with Gasteiger partial charge >= 0.3 is 6.18 Å². The molecule has 0 saturated carbocycles. The SMILES string of the molecule is O=C1CCC(n2cc(-c3ccccc3C(F)(F)F)nn2)C(=O)N1. The second-order valence-electron chi connectivity index (χ2n) is 5.09. The first-order valence-electron chi connectivity index (χ1n) is 6.78. The van der Waals surface area contributed by atoms with E-state index < -0.39 is 23.7 Å². The molecule has 1 aromatic heterocycles. The fraction of sp³-hybridized carbons (Fsp3) is 0.286. The van der Waals surface area contributed by atoms with Gasteiger partial charge in [-0.15, -0.1) is 5.10 Å². The van der Waals surface area contributed by atoms with Gasteiger partial charge in [-0.05, 0) is 12.5 Å². The van der Waals surface area contributed by atoms with Gasteiger partial charge in [-0.1, -0.05) is 23.4 Å². The van der Waals surface area contributed by atoms with Crippen molar-refractivity contribution in [1.82, 2.24) is 20.3 Å². The molecule has 1 unspecified atom stereocenters. The van der Waals surface area contributed by atoms with Crippen LogP contribution in [-0.2, 0) is 15.8 Å². The third-order valence-corrected chi connectivity index (χ3v) is 3.55. The quantitative estimate of drug-likeness (QED) is 0.857. The van der Waals surface area contributed by atoms with Crippen LogP contribution in [0.5, 0.6) is 0 Å². The summed E-state index contributed by atoms with van der Waals surface area (Å²) in [5.74, 6) is -0.921. The topological polar surface area (TPSA) is 76.9 Å². The molecule has 1 aliphatic rings. The summed E-state index contributed by atoms with van der Waals surface area (Å²) in [6.07, 6.45) is -2.86. The number of benzene rings is 1. The Balaban J connectivity index is 1.94. The van der Waals surface area contributed by atoms with Gasteiger partial charge in [0.2, 0.25) is 5.91 Å². The lowest BCUT2D eigenvalue weighted by atomic mass is 10.0. The number of hydrogen-bond donors (Lipinski definition) is 1. The summed E-state index contributed by atoms with van der Waals surface area (Å²) < 4.78 is 40.3. The van der Waals surface area contributed by atoms with Gasteiger partial charge < -0.3 is 0 Å². The number of rotatable bonds is 2. The number of imide groups is 1. The van der Waals surface area contributed by atoms with Crippen LogP contribution in [0, 0.1) is 0 Å². The minimum Gasteiger partial charge on any atom is -0.295 e. The number of alkyl halides is 3. The average Bonchev–Trinajstić information content (AvgIpc) is 2.96. The highest BCUT2D eigenvalue weighted by Gasteiger charge is 2.34. The lowest BCUT2D eigenvalue weighted by Gasteiger charge is -2.20. The smallest absolute Gasteiger partial charge is 0.295 e. The molecule has 6 nitrogen and oxygen atoms in total. The number of nitrogens with zero attached hydrogens (tertiary/aromatic N) is 3.